The number of carboxylic acid groups (broad SMARTS) is 1. The molecule has 110 valence electrons. The highest BCUT2D eigenvalue weighted by atomic mass is 16.4. The van der Waals surface area contributed by atoms with Crippen molar-refractivity contribution in [1.82, 2.24) is 10.2 Å². The van der Waals surface area contributed by atoms with Gasteiger partial charge in [0, 0.05) is 19.6 Å². The Bertz CT molecular complexity index is 314. The van der Waals surface area contributed by atoms with Crippen LogP contribution in [0.4, 0.5) is 4.79 Å². The van der Waals surface area contributed by atoms with Crippen molar-refractivity contribution in [3.63, 3.8) is 0 Å². The molecule has 19 heavy (non-hydrogen) atoms. The quantitative estimate of drug-likeness (QED) is 0.745. The molecule has 1 rings (SSSR count). The van der Waals surface area contributed by atoms with Crippen LogP contribution >= 0.6 is 0 Å². The Morgan fingerprint density at radius 3 is 2.37 bits per heavy atom. The van der Waals surface area contributed by atoms with Crippen LogP contribution in [0.3, 0.4) is 0 Å². The van der Waals surface area contributed by atoms with Crippen LogP contribution in [0.1, 0.15) is 40.0 Å². The number of nitrogens with one attached hydrogen (secondary N) is 1. The molecule has 1 aliphatic carbocycles. The van der Waals surface area contributed by atoms with E-state index in [-0.39, 0.29) is 18.5 Å². The van der Waals surface area contributed by atoms with Gasteiger partial charge in [-0.1, -0.05) is 20.3 Å². The van der Waals surface area contributed by atoms with Crippen LogP contribution < -0.4 is 5.32 Å². The SMILES string of the molecule is CCN(CC1CCC1)C(=O)NCC(C(=O)O)C(C)C. The number of rotatable bonds is 7. The van der Waals surface area contributed by atoms with Crippen molar-refractivity contribution in [3.8, 4) is 0 Å². The van der Waals surface area contributed by atoms with Crippen molar-refractivity contribution in [2.24, 2.45) is 17.8 Å². The Morgan fingerprint density at radius 2 is 2.00 bits per heavy atom. The molecule has 0 aromatic rings. The maximum Gasteiger partial charge on any atom is 0.317 e. The summed E-state index contributed by atoms with van der Waals surface area (Å²) in [4.78, 5) is 24.9. The third-order valence-electron chi connectivity index (χ3n) is 3.97. The van der Waals surface area contributed by atoms with Crippen LogP contribution in [-0.4, -0.2) is 41.6 Å². The van der Waals surface area contributed by atoms with Gasteiger partial charge in [0.25, 0.3) is 0 Å². The van der Waals surface area contributed by atoms with Gasteiger partial charge in [0.05, 0.1) is 5.92 Å². The van der Waals surface area contributed by atoms with Gasteiger partial charge in [-0.25, -0.2) is 4.79 Å². The lowest BCUT2D eigenvalue weighted by molar-refractivity contribution is -0.142. The second kappa shape index (κ2) is 7.36. The number of urea groups is 1. The molecular weight excluding hydrogens is 244 g/mol. The van der Waals surface area contributed by atoms with Crippen molar-refractivity contribution >= 4 is 12.0 Å². The first-order valence-corrected chi connectivity index (χ1v) is 7.21. The number of amides is 2. The van der Waals surface area contributed by atoms with Gasteiger partial charge < -0.3 is 15.3 Å². The lowest BCUT2D eigenvalue weighted by Crippen LogP contribution is -2.46. The van der Waals surface area contributed by atoms with E-state index in [1.165, 1.54) is 19.3 Å². The molecule has 0 radical (unpaired) electrons. The van der Waals surface area contributed by atoms with Gasteiger partial charge in [-0.3, -0.25) is 4.79 Å². The van der Waals surface area contributed by atoms with Gasteiger partial charge in [-0.05, 0) is 31.6 Å². The summed E-state index contributed by atoms with van der Waals surface area (Å²) in [6.45, 7) is 7.33. The number of hydrogen-bond acceptors (Lipinski definition) is 2. The molecule has 1 atom stereocenters. The molecule has 0 aromatic heterocycles. The molecule has 1 fully saturated rings. The third kappa shape index (κ3) is 4.73. The molecule has 2 amide bonds. The second-order valence-electron chi connectivity index (χ2n) is 5.71. The van der Waals surface area contributed by atoms with Gasteiger partial charge in [0.15, 0.2) is 0 Å². The molecule has 0 aromatic carbocycles. The number of hydrogen-bond donors (Lipinski definition) is 2. The molecular formula is C14H26N2O3. The number of carboxylic acids is 1. The lowest BCUT2D eigenvalue weighted by Gasteiger charge is -2.32. The molecule has 5 heteroatoms. The molecule has 0 spiro atoms. The van der Waals surface area contributed by atoms with E-state index in [0.29, 0.717) is 12.5 Å². The standard InChI is InChI=1S/C14H26N2O3/c1-4-16(9-11-6-5-7-11)14(19)15-8-12(10(2)3)13(17)18/h10-12H,4-9H2,1-3H3,(H,15,19)(H,17,18). The van der Waals surface area contributed by atoms with Crippen LogP contribution in [0.25, 0.3) is 0 Å². The number of carbonyl (C=O) groups is 2. The van der Waals surface area contributed by atoms with Gasteiger partial charge in [0.1, 0.15) is 0 Å². The molecule has 2 N–H and O–H groups in total. The summed E-state index contributed by atoms with van der Waals surface area (Å²) in [5, 5.41) is 11.8. The van der Waals surface area contributed by atoms with E-state index in [9.17, 15) is 9.59 Å². The zero-order valence-electron chi connectivity index (χ0n) is 12.2. The first-order valence-electron chi connectivity index (χ1n) is 7.21. The molecule has 1 unspecified atom stereocenters. The minimum atomic E-state index is -0.850. The molecule has 0 heterocycles. The molecule has 0 bridgehead atoms. The highest BCUT2D eigenvalue weighted by Gasteiger charge is 2.25. The summed E-state index contributed by atoms with van der Waals surface area (Å²) in [6, 6.07) is -0.138. The minimum Gasteiger partial charge on any atom is -0.481 e. The average Bonchev–Trinajstić information content (AvgIpc) is 2.26. The average molecular weight is 270 g/mol. The van der Waals surface area contributed by atoms with E-state index in [0.717, 1.165) is 6.54 Å². The number of nitrogens with zero attached hydrogens (tertiary/aromatic N) is 1. The number of carbonyl (C=O) groups excluding carboxylic acids is 1. The fraction of sp³-hybridized carbons (Fsp3) is 0.857. The predicted octanol–water partition coefficient (Wildman–Crippen LogP) is 2.17. The third-order valence-corrected chi connectivity index (χ3v) is 3.97. The van der Waals surface area contributed by atoms with Crippen molar-refractivity contribution < 1.29 is 14.7 Å². The summed E-state index contributed by atoms with van der Waals surface area (Å²) in [6.07, 6.45) is 3.67. The van der Waals surface area contributed by atoms with Crippen LogP contribution in [0, 0.1) is 17.8 Å². The van der Waals surface area contributed by atoms with Crippen molar-refractivity contribution in [2.45, 2.75) is 40.0 Å². The van der Waals surface area contributed by atoms with Crippen molar-refractivity contribution in [3.05, 3.63) is 0 Å². The summed E-state index contributed by atoms with van der Waals surface area (Å²) in [7, 11) is 0. The van der Waals surface area contributed by atoms with Crippen molar-refractivity contribution in [1.29, 1.82) is 0 Å². The molecule has 1 aliphatic rings. The van der Waals surface area contributed by atoms with E-state index in [1.807, 2.05) is 20.8 Å². The highest BCUT2D eigenvalue weighted by molar-refractivity contribution is 5.76. The first kappa shape index (κ1) is 15.8. The lowest BCUT2D eigenvalue weighted by atomic mass is 9.85. The Hall–Kier alpha value is -1.26. The normalized spacial score (nSPS) is 16.8. The van der Waals surface area contributed by atoms with E-state index < -0.39 is 11.9 Å². The first-order chi connectivity index (χ1) is 8.95. The maximum absolute atomic E-state index is 12.0. The highest BCUT2D eigenvalue weighted by Crippen LogP contribution is 2.27. The van der Waals surface area contributed by atoms with Crippen molar-refractivity contribution in [2.75, 3.05) is 19.6 Å². The summed E-state index contributed by atoms with van der Waals surface area (Å²) >= 11 is 0. The van der Waals surface area contributed by atoms with Crippen LogP contribution in [0.5, 0.6) is 0 Å². The topological polar surface area (TPSA) is 69.6 Å². The van der Waals surface area contributed by atoms with Gasteiger partial charge >= 0.3 is 12.0 Å². The van der Waals surface area contributed by atoms with Crippen LogP contribution in [0.15, 0.2) is 0 Å². The predicted molar refractivity (Wildman–Crippen MR) is 74.0 cm³/mol. The number of aliphatic carboxylic acids is 1. The Balaban J connectivity index is 2.40. The molecule has 1 saturated carbocycles. The summed E-state index contributed by atoms with van der Waals surface area (Å²) in [5.74, 6) is -0.728. The molecule has 5 nitrogen and oxygen atoms in total. The van der Waals surface area contributed by atoms with E-state index >= 15 is 0 Å². The Morgan fingerprint density at radius 1 is 1.37 bits per heavy atom. The smallest absolute Gasteiger partial charge is 0.317 e. The van der Waals surface area contributed by atoms with E-state index in [2.05, 4.69) is 5.32 Å². The summed E-state index contributed by atoms with van der Waals surface area (Å²) < 4.78 is 0. The molecule has 0 aliphatic heterocycles. The minimum absolute atomic E-state index is 0.0134. The Kier molecular flexibility index (Phi) is 6.12. The second-order valence-corrected chi connectivity index (χ2v) is 5.71. The maximum atomic E-state index is 12.0. The summed E-state index contributed by atoms with van der Waals surface area (Å²) in [5.41, 5.74) is 0. The molecule has 0 saturated heterocycles. The van der Waals surface area contributed by atoms with Gasteiger partial charge in [-0.15, -0.1) is 0 Å². The van der Waals surface area contributed by atoms with Gasteiger partial charge in [0.2, 0.25) is 0 Å². The van der Waals surface area contributed by atoms with E-state index in [4.69, 9.17) is 5.11 Å². The van der Waals surface area contributed by atoms with Crippen LogP contribution in [0.2, 0.25) is 0 Å². The van der Waals surface area contributed by atoms with Crippen LogP contribution in [-0.2, 0) is 4.79 Å². The fourth-order valence-corrected chi connectivity index (χ4v) is 2.26. The van der Waals surface area contributed by atoms with Gasteiger partial charge in [-0.2, -0.15) is 0 Å². The zero-order valence-corrected chi connectivity index (χ0v) is 12.2. The monoisotopic (exact) mass is 270 g/mol. The zero-order chi connectivity index (χ0) is 14.4. The largest absolute Gasteiger partial charge is 0.481 e. The van der Waals surface area contributed by atoms with E-state index in [1.54, 1.807) is 4.90 Å². The Labute approximate surface area is 115 Å². The fourth-order valence-electron chi connectivity index (χ4n) is 2.26.